The Kier molecular flexibility index (Phi) is 5.61. The third-order valence-electron chi connectivity index (χ3n) is 3.71. The molecule has 0 radical (unpaired) electrons. The van der Waals surface area contributed by atoms with Gasteiger partial charge in [-0.2, -0.15) is 0 Å². The van der Waals surface area contributed by atoms with Crippen LogP contribution < -0.4 is 11.1 Å². The molecule has 0 spiro atoms. The molecule has 0 aliphatic carbocycles. The molecule has 0 aromatic heterocycles. The van der Waals surface area contributed by atoms with Crippen molar-refractivity contribution in [1.29, 1.82) is 0 Å². The summed E-state index contributed by atoms with van der Waals surface area (Å²) in [7, 11) is 0. The zero-order valence-corrected chi connectivity index (χ0v) is 11.2. The lowest BCUT2D eigenvalue weighted by Gasteiger charge is -2.29. The summed E-state index contributed by atoms with van der Waals surface area (Å²) in [6, 6.07) is 0. The highest BCUT2D eigenvalue weighted by Gasteiger charge is 2.35. The predicted molar refractivity (Wildman–Crippen MR) is 66.5 cm³/mol. The molecule has 0 bridgehead atoms. The van der Waals surface area contributed by atoms with Crippen molar-refractivity contribution in [2.75, 3.05) is 13.1 Å². The van der Waals surface area contributed by atoms with Gasteiger partial charge in [0.25, 0.3) is 0 Å². The predicted octanol–water partition coefficient (Wildman–Crippen LogP) is 0.979. The molecule has 0 fully saturated rings. The average molecular weight is 244 g/mol. The van der Waals surface area contributed by atoms with Crippen molar-refractivity contribution in [2.45, 2.75) is 40.5 Å². The first-order valence-electron chi connectivity index (χ1n) is 5.97. The molecule has 4 N–H and O–H groups in total. The number of hydrogen-bond acceptors (Lipinski definition) is 3. The van der Waals surface area contributed by atoms with Crippen LogP contribution in [-0.4, -0.2) is 30.1 Å². The number of carbonyl (C=O) groups excluding carboxylic acids is 1. The van der Waals surface area contributed by atoms with Crippen LogP contribution >= 0.6 is 0 Å². The molecule has 2 atom stereocenters. The molecule has 0 aliphatic rings. The Balaban J connectivity index is 4.57. The number of carboxylic acids is 1. The number of aliphatic carboxylic acids is 1. The lowest BCUT2D eigenvalue weighted by Crippen LogP contribution is -2.48. The molecule has 5 nitrogen and oxygen atoms in total. The third kappa shape index (κ3) is 3.70. The molecule has 0 aliphatic heterocycles. The number of carboxylic acid groups (broad SMARTS) is 1. The van der Waals surface area contributed by atoms with E-state index in [4.69, 9.17) is 10.8 Å². The maximum Gasteiger partial charge on any atom is 0.311 e. The molecule has 17 heavy (non-hydrogen) atoms. The second kappa shape index (κ2) is 6.00. The van der Waals surface area contributed by atoms with Gasteiger partial charge in [0, 0.05) is 13.1 Å². The SMILES string of the molecule is CCC(C)(CNC(=O)C(C)(CC)CN)C(=O)O. The largest absolute Gasteiger partial charge is 0.481 e. The van der Waals surface area contributed by atoms with Crippen LogP contribution in [0.15, 0.2) is 0 Å². The molecule has 0 rings (SSSR count). The van der Waals surface area contributed by atoms with Crippen LogP contribution in [0.1, 0.15) is 40.5 Å². The average Bonchev–Trinajstić information content (AvgIpc) is 2.33. The monoisotopic (exact) mass is 244 g/mol. The Morgan fingerprint density at radius 1 is 1.18 bits per heavy atom. The summed E-state index contributed by atoms with van der Waals surface area (Å²) >= 11 is 0. The second-order valence-electron chi connectivity index (χ2n) is 5.02. The van der Waals surface area contributed by atoms with Crippen molar-refractivity contribution in [2.24, 2.45) is 16.6 Å². The summed E-state index contributed by atoms with van der Waals surface area (Å²) in [5, 5.41) is 11.8. The maximum atomic E-state index is 11.9. The quantitative estimate of drug-likeness (QED) is 0.622. The van der Waals surface area contributed by atoms with E-state index in [0.717, 1.165) is 0 Å². The standard InChI is InChI=1S/C12H24N2O3/c1-5-11(3,7-13)9(15)14-8-12(4,6-2)10(16)17/h5-8,13H2,1-4H3,(H,14,15)(H,16,17). The van der Waals surface area contributed by atoms with Crippen LogP contribution in [0.5, 0.6) is 0 Å². The first-order chi connectivity index (χ1) is 7.75. The number of hydrogen-bond donors (Lipinski definition) is 3. The summed E-state index contributed by atoms with van der Waals surface area (Å²) in [4.78, 5) is 23.0. The van der Waals surface area contributed by atoms with E-state index in [2.05, 4.69) is 5.32 Å². The molecular formula is C12H24N2O3. The van der Waals surface area contributed by atoms with E-state index in [1.165, 1.54) is 0 Å². The molecule has 5 heteroatoms. The van der Waals surface area contributed by atoms with Crippen LogP contribution in [0, 0.1) is 10.8 Å². The summed E-state index contributed by atoms with van der Waals surface area (Å²) in [6.45, 7) is 7.48. The smallest absolute Gasteiger partial charge is 0.311 e. The van der Waals surface area contributed by atoms with Crippen molar-refractivity contribution in [3.63, 3.8) is 0 Å². The lowest BCUT2D eigenvalue weighted by molar-refractivity contribution is -0.148. The van der Waals surface area contributed by atoms with Crippen LogP contribution in [-0.2, 0) is 9.59 Å². The van der Waals surface area contributed by atoms with E-state index in [1.54, 1.807) is 20.8 Å². The van der Waals surface area contributed by atoms with E-state index < -0.39 is 16.8 Å². The Morgan fingerprint density at radius 2 is 1.65 bits per heavy atom. The zero-order valence-electron chi connectivity index (χ0n) is 11.2. The number of nitrogens with two attached hydrogens (primary N) is 1. The molecule has 1 amide bonds. The molecule has 0 saturated carbocycles. The second-order valence-corrected chi connectivity index (χ2v) is 5.02. The van der Waals surface area contributed by atoms with Gasteiger partial charge in [-0.15, -0.1) is 0 Å². The van der Waals surface area contributed by atoms with Crippen LogP contribution in [0.3, 0.4) is 0 Å². The van der Waals surface area contributed by atoms with Crippen LogP contribution in [0.4, 0.5) is 0 Å². The molecule has 0 saturated heterocycles. The van der Waals surface area contributed by atoms with Gasteiger partial charge in [0.05, 0.1) is 10.8 Å². The first-order valence-corrected chi connectivity index (χ1v) is 5.97. The minimum atomic E-state index is -0.918. The minimum absolute atomic E-state index is 0.132. The van der Waals surface area contributed by atoms with Crippen molar-refractivity contribution in [3.8, 4) is 0 Å². The normalized spacial score (nSPS) is 17.9. The number of rotatable bonds is 7. The number of amides is 1. The zero-order chi connectivity index (χ0) is 13.7. The molecule has 0 heterocycles. The van der Waals surface area contributed by atoms with Gasteiger partial charge in [-0.05, 0) is 26.7 Å². The summed E-state index contributed by atoms with van der Waals surface area (Å²) in [5.74, 6) is -1.07. The van der Waals surface area contributed by atoms with Gasteiger partial charge in [0.15, 0.2) is 0 Å². The fraction of sp³-hybridized carbons (Fsp3) is 0.833. The van der Waals surface area contributed by atoms with Gasteiger partial charge in [-0.25, -0.2) is 0 Å². The van der Waals surface area contributed by atoms with Crippen LogP contribution in [0.25, 0.3) is 0 Å². The van der Waals surface area contributed by atoms with E-state index in [9.17, 15) is 9.59 Å². The first kappa shape index (κ1) is 15.9. The maximum absolute atomic E-state index is 11.9. The highest BCUT2D eigenvalue weighted by molar-refractivity contribution is 5.83. The van der Waals surface area contributed by atoms with Crippen molar-refractivity contribution < 1.29 is 14.7 Å². The molecule has 0 aromatic carbocycles. The highest BCUT2D eigenvalue weighted by atomic mass is 16.4. The van der Waals surface area contributed by atoms with E-state index in [1.807, 2.05) is 6.92 Å². The third-order valence-corrected chi connectivity index (χ3v) is 3.71. The summed E-state index contributed by atoms with van der Waals surface area (Å²) < 4.78 is 0. The summed E-state index contributed by atoms with van der Waals surface area (Å²) in [6.07, 6.45) is 1.10. The van der Waals surface area contributed by atoms with Gasteiger partial charge < -0.3 is 16.2 Å². The topological polar surface area (TPSA) is 92.4 Å². The van der Waals surface area contributed by atoms with Crippen molar-refractivity contribution in [3.05, 3.63) is 0 Å². The van der Waals surface area contributed by atoms with E-state index in [-0.39, 0.29) is 19.0 Å². The Hall–Kier alpha value is -1.10. The summed E-state index contributed by atoms with van der Waals surface area (Å²) in [5.41, 5.74) is 4.04. The van der Waals surface area contributed by atoms with Crippen LogP contribution in [0.2, 0.25) is 0 Å². The van der Waals surface area contributed by atoms with Gasteiger partial charge in [0.2, 0.25) is 5.91 Å². The minimum Gasteiger partial charge on any atom is -0.481 e. The fourth-order valence-corrected chi connectivity index (χ4v) is 1.24. The lowest BCUT2D eigenvalue weighted by atomic mass is 9.84. The van der Waals surface area contributed by atoms with Gasteiger partial charge >= 0.3 is 5.97 Å². The van der Waals surface area contributed by atoms with Gasteiger partial charge in [0.1, 0.15) is 0 Å². The number of nitrogens with one attached hydrogen (secondary N) is 1. The van der Waals surface area contributed by atoms with Crippen molar-refractivity contribution >= 4 is 11.9 Å². The van der Waals surface area contributed by atoms with E-state index >= 15 is 0 Å². The van der Waals surface area contributed by atoms with Gasteiger partial charge in [-0.1, -0.05) is 13.8 Å². The van der Waals surface area contributed by atoms with Crippen molar-refractivity contribution in [1.82, 2.24) is 5.32 Å². The van der Waals surface area contributed by atoms with E-state index in [0.29, 0.717) is 12.8 Å². The molecule has 0 aromatic rings. The number of carbonyl (C=O) groups is 2. The fourth-order valence-electron chi connectivity index (χ4n) is 1.24. The highest BCUT2D eigenvalue weighted by Crippen LogP contribution is 2.23. The van der Waals surface area contributed by atoms with Gasteiger partial charge in [-0.3, -0.25) is 9.59 Å². The Labute approximate surface area is 103 Å². The molecule has 2 unspecified atom stereocenters. The Morgan fingerprint density at radius 3 is 1.94 bits per heavy atom. The Bertz CT molecular complexity index is 287. The molecular weight excluding hydrogens is 220 g/mol. The molecule has 100 valence electrons.